The average molecular weight is 425 g/mol. The molecule has 0 radical (unpaired) electrons. The minimum atomic E-state index is -0.284. The Morgan fingerprint density at radius 1 is 1.35 bits per heavy atom. The number of carbonyl (C=O) groups is 1. The summed E-state index contributed by atoms with van der Waals surface area (Å²) in [5.74, 6) is 0.0854. The van der Waals surface area contributed by atoms with Crippen molar-refractivity contribution >= 4 is 28.4 Å². The van der Waals surface area contributed by atoms with Crippen LogP contribution in [0.4, 0.5) is 5.82 Å². The lowest BCUT2D eigenvalue weighted by molar-refractivity contribution is -0.689. The van der Waals surface area contributed by atoms with Gasteiger partial charge in [-0.15, -0.1) is 0 Å². The van der Waals surface area contributed by atoms with Gasteiger partial charge in [0, 0.05) is 32.0 Å². The third-order valence-corrected chi connectivity index (χ3v) is 6.11. The molecule has 1 aliphatic carbocycles. The molecule has 8 nitrogen and oxygen atoms in total. The van der Waals surface area contributed by atoms with Crippen LogP contribution in [0, 0.1) is 6.92 Å². The molecule has 1 aliphatic rings. The van der Waals surface area contributed by atoms with E-state index in [0.29, 0.717) is 47.6 Å². The number of nitrogens with zero attached hydrogens (tertiary/aromatic N) is 3. The number of hydrogen-bond donors (Lipinski definition) is 2. The Labute approximate surface area is 181 Å². The van der Waals surface area contributed by atoms with Crippen LogP contribution in [0.2, 0.25) is 0 Å². The van der Waals surface area contributed by atoms with E-state index in [-0.39, 0.29) is 17.5 Å². The number of pyridine rings is 2. The number of anilines is 1. The predicted molar refractivity (Wildman–Crippen MR) is 119 cm³/mol. The van der Waals surface area contributed by atoms with Gasteiger partial charge < -0.3 is 15.8 Å². The highest BCUT2D eigenvalue weighted by molar-refractivity contribution is 6.00. The molecule has 1 saturated carbocycles. The van der Waals surface area contributed by atoms with Crippen LogP contribution in [-0.4, -0.2) is 35.6 Å². The van der Waals surface area contributed by atoms with Gasteiger partial charge in [-0.05, 0) is 51.2 Å². The van der Waals surface area contributed by atoms with Crippen LogP contribution in [0.25, 0.3) is 16.7 Å². The first-order valence-electron chi connectivity index (χ1n) is 11.0. The number of rotatable bonds is 6. The number of methoxy groups -OCH3 is 1. The molecular weight excluding hydrogens is 394 g/mol. The first kappa shape index (κ1) is 21.2. The number of ether oxygens (including phenoxy) is 1. The zero-order valence-corrected chi connectivity index (χ0v) is 18.2. The first-order chi connectivity index (χ1) is 15.0. The summed E-state index contributed by atoms with van der Waals surface area (Å²) in [7, 11) is 1.63. The fourth-order valence-corrected chi connectivity index (χ4v) is 4.48. The van der Waals surface area contributed by atoms with E-state index < -0.39 is 0 Å². The monoisotopic (exact) mass is 424 g/mol. The third kappa shape index (κ3) is 3.99. The summed E-state index contributed by atoms with van der Waals surface area (Å²) >= 11 is 0. The zero-order chi connectivity index (χ0) is 22.0. The van der Waals surface area contributed by atoms with Crippen molar-refractivity contribution in [3.8, 4) is 0 Å². The molecule has 8 heteroatoms. The van der Waals surface area contributed by atoms with Crippen molar-refractivity contribution < 1.29 is 14.1 Å². The van der Waals surface area contributed by atoms with Crippen molar-refractivity contribution in [3.63, 3.8) is 0 Å². The number of hydrogen-bond acceptors (Lipinski definition) is 5. The van der Waals surface area contributed by atoms with Crippen molar-refractivity contribution in [2.75, 3.05) is 26.0 Å². The quantitative estimate of drug-likeness (QED) is 0.359. The first-order valence-corrected chi connectivity index (χ1v) is 11.0. The molecule has 1 fully saturated rings. The summed E-state index contributed by atoms with van der Waals surface area (Å²) in [6.45, 7) is 2.97. The number of aryl methyl sites for hydroxylation is 1. The molecule has 0 aliphatic heterocycles. The maximum absolute atomic E-state index is 13.4. The van der Waals surface area contributed by atoms with Crippen molar-refractivity contribution in [1.29, 1.82) is 0 Å². The Bertz CT molecular complexity index is 1180. The van der Waals surface area contributed by atoms with Crippen LogP contribution in [0.1, 0.15) is 60.5 Å². The smallest absolute Gasteiger partial charge is 0.278 e. The fourth-order valence-electron chi connectivity index (χ4n) is 4.48. The topological polar surface area (TPSA) is 103 Å². The summed E-state index contributed by atoms with van der Waals surface area (Å²) in [6, 6.07) is 5.48. The van der Waals surface area contributed by atoms with Crippen molar-refractivity contribution in [3.05, 3.63) is 45.9 Å². The van der Waals surface area contributed by atoms with Crippen LogP contribution >= 0.6 is 0 Å². The molecule has 0 unspecified atom stereocenters. The van der Waals surface area contributed by atoms with Crippen LogP contribution in [0.5, 0.6) is 0 Å². The van der Waals surface area contributed by atoms with Crippen LogP contribution in [0.15, 0.2) is 29.2 Å². The maximum atomic E-state index is 13.4. The highest BCUT2D eigenvalue weighted by Crippen LogP contribution is 2.27. The lowest BCUT2D eigenvalue weighted by Crippen LogP contribution is -2.47. The Hall–Kier alpha value is -3.00. The van der Waals surface area contributed by atoms with Crippen LogP contribution in [0.3, 0.4) is 0 Å². The number of aromatic nitrogens is 3. The van der Waals surface area contributed by atoms with Crippen molar-refractivity contribution in [2.24, 2.45) is 0 Å². The van der Waals surface area contributed by atoms with Gasteiger partial charge in [0.25, 0.3) is 17.1 Å². The van der Waals surface area contributed by atoms with E-state index in [0.717, 1.165) is 31.2 Å². The van der Waals surface area contributed by atoms with E-state index in [1.165, 1.54) is 6.42 Å². The third-order valence-electron chi connectivity index (χ3n) is 6.11. The second-order valence-corrected chi connectivity index (χ2v) is 8.25. The lowest BCUT2D eigenvalue weighted by Gasteiger charge is -2.24. The van der Waals surface area contributed by atoms with E-state index in [9.17, 15) is 9.59 Å². The Balaban J connectivity index is 1.92. The van der Waals surface area contributed by atoms with Gasteiger partial charge in [0.2, 0.25) is 11.5 Å². The standard InChI is InChI=1S/C23H29N5O3/c1-15-8-6-12-27-20(15)26-21-18(23(27)30)14-17(22(29)25-11-7-13-31-2)19(24)28(21)16-9-4-3-5-10-16/h6,8,12,14,16,24H,3-5,7,9-11,13H2,1-2H3,(H,25,29)/p+1. The van der Waals surface area contributed by atoms with Gasteiger partial charge in [-0.25, -0.2) is 4.57 Å². The molecule has 1 amide bonds. The van der Waals surface area contributed by atoms with Crippen molar-refractivity contribution in [2.45, 2.75) is 51.5 Å². The molecule has 4 rings (SSSR count). The minimum absolute atomic E-state index is 0.121. The molecule has 0 bridgehead atoms. The fraction of sp³-hybridized carbons (Fsp3) is 0.478. The highest BCUT2D eigenvalue weighted by atomic mass is 16.5. The number of nitrogens with one attached hydrogen (secondary N) is 1. The summed E-state index contributed by atoms with van der Waals surface area (Å²) in [4.78, 5) is 31.2. The van der Waals surface area contributed by atoms with E-state index in [1.807, 2.05) is 23.6 Å². The molecule has 164 valence electrons. The van der Waals surface area contributed by atoms with Crippen LogP contribution in [-0.2, 0) is 4.74 Å². The number of amides is 1. The lowest BCUT2D eigenvalue weighted by atomic mass is 9.94. The molecule has 3 N–H and O–H groups in total. The van der Waals surface area contributed by atoms with E-state index in [1.54, 1.807) is 23.8 Å². The summed E-state index contributed by atoms with van der Waals surface area (Å²) < 4.78 is 8.52. The largest absolute Gasteiger partial charge is 0.385 e. The van der Waals surface area contributed by atoms with Gasteiger partial charge in [0.05, 0.1) is 6.04 Å². The Morgan fingerprint density at radius 3 is 2.87 bits per heavy atom. The zero-order valence-electron chi connectivity index (χ0n) is 18.2. The molecule has 3 aromatic rings. The number of carbonyl (C=O) groups excluding carboxylic acids is 1. The van der Waals surface area contributed by atoms with E-state index in [2.05, 4.69) is 5.32 Å². The molecule has 0 saturated heterocycles. The molecule has 3 heterocycles. The predicted octanol–water partition coefficient (Wildman–Crippen LogP) is 2.30. The van der Waals surface area contributed by atoms with Gasteiger partial charge in [-0.1, -0.05) is 17.5 Å². The minimum Gasteiger partial charge on any atom is -0.385 e. The van der Waals surface area contributed by atoms with Crippen LogP contribution < -0.4 is 21.2 Å². The SMILES string of the molecule is COCCCNC(=O)c1cc2c(=O)n3cccc(C)c3nc2[n+](C2CCCCC2)c1N. The Kier molecular flexibility index (Phi) is 6.18. The molecule has 0 spiro atoms. The number of fused-ring (bicyclic) bond motifs is 2. The number of nitrogens with two attached hydrogens (primary N) is 1. The number of nitrogen functional groups attached to an aromatic ring is 1. The van der Waals surface area contributed by atoms with Gasteiger partial charge in [-0.2, -0.15) is 0 Å². The second kappa shape index (κ2) is 9.01. The van der Waals surface area contributed by atoms with E-state index >= 15 is 0 Å². The van der Waals surface area contributed by atoms with Gasteiger partial charge in [-0.3, -0.25) is 14.0 Å². The summed E-state index contributed by atoms with van der Waals surface area (Å²) in [6.07, 6.45) is 7.70. The maximum Gasteiger partial charge on any atom is 0.278 e. The van der Waals surface area contributed by atoms with Gasteiger partial charge in [0.1, 0.15) is 10.9 Å². The molecular formula is C23H30N5O3+. The van der Waals surface area contributed by atoms with Gasteiger partial charge in [0.15, 0.2) is 0 Å². The summed E-state index contributed by atoms with van der Waals surface area (Å²) in [5.41, 5.74) is 8.78. The highest BCUT2D eigenvalue weighted by Gasteiger charge is 2.30. The van der Waals surface area contributed by atoms with Gasteiger partial charge >= 0.3 is 0 Å². The second-order valence-electron chi connectivity index (χ2n) is 8.25. The summed E-state index contributed by atoms with van der Waals surface area (Å²) in [5, 5.41) is 3.30. The molecule has 0 atom stereocenters. The molecule has 3 aromatic heterocycles. The Morgan fingerprint density at radius 2 is 2.13 bits per heavy atom. The van der Waals surface area contributed by atoms with E-state index in [4.69, 9.17) is 15.5 Å². The average Bonchev–Trinajstić information content (AvgIpc) is 2.78. The molecule has 0 aromatic carbocycles. The normalized spacial score (nSPS) is 14.9. The molecule has 31 heavy (non-hydrogen) atoms. The van der Waals surface area contributed by atoms with Crippen molar-refractivity contribution in [1.82, 2.24) is 14.7 Å².